The van der Waals surface area contributed by atoms with Gasteiger partial charge in [0.15, 0.2) is 6.17 Å². The van der Waals surface area contributed by atoms with Crippen molar-refractivity contribution >= 4 is 5.91 Å². The van der Waals surface area contributed by atoms with Gasteiger partial charge < -0.3 is 5.73 Å². The summed E-state index contributed by atoms with van der Waals surface area (Å²) in [6.07, 6.45) is -1.73. The number of carbonyl (C=O) groups is 1. The van der Waals surface area contributed by atoms with E-state index in [2.05, 4.69) is 0 Å². The van der Waals surface area contributed by atoms with Gasteiger partial charge in [-0.2, -0.15) is 0 Å². The summed E-state index contributed by atoms with van der Waals surface area (Å²) < 4.78 is 14.1. The zero-order chi connectivity index (χ0) is 13.0. The first-order chi connectivity index (χ1) is 8.70. The van der Waals surface area contributed by atoms with E-state index in [1.165, 1.54) is 0 Å². The molecule has 0 aromatic heterocycles. The van der Waals surface area contributed by atoms with Crippen molar-refractivity contribution < 1.29 is 9.18 Å². The van der Waals surface area contributed by atoms with Crippen LogP contribution in [0.2, 0.25) is 0 Å². The van der Waals surface area contributed by atoms with Crippen molar-refractivity contribution in [2.75, 3.05) is 0 Å². The van der Waals surface area contributed by atoms with Gasteiger partial charge in [-0.15, -0.1) is 0 Å². The van der Waals surface area contributed by atoms with E-state index in [0.717, 1.165) is 11.1 Å². The van der Waals surface area contributed by atoms with Crippen molar-refractivity contribution in [3.05, 3.63) is 71.8 Å². The quantitative estimate of drug-likeness (QED) is 0.881. The minimum atomic E-state index is -1.73. The van der Waals surface area contributed by atoms with Crippen molar-refractivity contribution in [3.63, 3.8) is 0 Å². The Labute approximate surface area is 105 Å². The van der Waals surface area contributed by atoms with Crippen LogP contribution < -0.4 is 5.73 Å². The molecule has 1 atom stereocenters. The molecule has 0 spiro atoms. The van der Waals surface area contributed by atoms with E-state index in [0.29, 0.717) is 0 Å². The maximum atomic E-state index is 14.1. The van der Waals surface area contributed by atoms with Gasteiger partial charge in [0.05, 0.1) is 0 Å². The fourth-order valence-electron chi connectivity index (χ4n) is 2.02. The highest BCUT2D eigenvalue weighted by Gasteiger charge is 2.28. The fraction of sp³-hybridized carbons (Fsp3) is 0.133. The first-order valence-electron chi connectivity index (χ1n) is 5.73. The molecule has 0 saturated carbocycles. The van der Waals surface area contributed by atoms with E-state index in [9.17, 15) is 9.18 Å². The molecule has 0 heterocycles. The fourth-order valence-corrected chi connectivity index (χ4v) is 2.02. The van der Waals surface area contributed by atoms with Crippen LogP contribution in [-0.2, 0) is 4.79 Å². The van der Waals surface area contributed by atoms with Gasteiger partial charge in [0, 0.05) is 5.92 Å². The van der Waals surface area contributed by atoms with Gasteiger partial charge in [-0.3, -0.25) is 4.79 Å². The number of hydrogen-bond donors (Lipinski definition) is 1. The Hall–Kier alpha value is -2.16. The largest absolute Gasteiger partial charge is 0.367 e. The number of rotatable bonds is 4. The number of amides is 1. The van der Waals surface area contributed by atoms with Gasteiger partial charge in [-0.1, -0.05) is 60.7 Å². The second-order valence-electron chi connectivity index (χ2n) is 4.10. The topological polar surface area (TPSA) is 43.1 Å². The van der Waals surface area contributed by atoms with Crippen LogP contribution >= 0.6 is 0 Å². The Morgan fingerprint density at radius 1 is 0.889 bits per heavy atom. The van der Waals surface area contributed by atoms with E-state index in [4.69, 9.17) is 5.73 Å². The average Bonchev–Trinajstić information content (AvgIpc) is 2.41. The Morgan fingerprint density at radius 3 is 1.61 bits per heavy atom. The lowest BCUT2D eigenvalue weighted by Gasteiger charge is -2.20. The molecular formula is C15H14FNO. The van der Waals surface area contributed by atoms with Crippen molar-refractivity contribution in [3.8, 4) is 0 Å². The van der Waals surface area contributed by atoms with Gasteiger partial charge in [0.25, 0.3) is 5.91 Å². The summed E-state index contributed by atoms with van der Waals surface area (Å²) in [6, 6.07) is 18.2. The molecule has 0 aliphatic heterocycles. The van der Waals surface area contributed by atoms with Crippen LogP contribution in [0.15, 0.2) is 60.7 Å². The predicted octanol–water partition coefficient (Wildman–Crippen LogP) is 2.64. The molecular weight excluding hydrogens is 229 g/mol. The Bertz CT molecular complexity index is 473. The zero-order valence-electron chi connectivity index (χ0n) is 9.79. The van der Waals surface area contributed by atoms with E-state index < -0.39 is 18.0 Å². The molecule has 1 amide bonds. The predicted molar refractivity (Wildman–Crippen MR) is 68.8 cm³/mol. The van der Waals surface area contributed by atoms with Gasteiger partial charge in [0.1, 0.15) is 0 Å². The second kappa shape index (κ2) is 5.45. The Morgan fingerprint density at radius 2 is 1.28 bits per heavy atom. The molecule has 18 heavy (non-hydrogen) atoms. The summed E-state index contributed by atoms with van der Waals surface area (Å²) in [6.45, 7) is 0. The molecule has 3 heteroatoms. The molecule has 0 saturated heterocycles. The number of benzene rings is 2. The minimum Gasteiger partial charge on any atom is -0.367 e. The monoisotopic (exact) mass is 243 g/mol. The lowest BCUT2D eigenvalue weighted by atomic mass is 9.87. The first-order valence-corrected chi connectivity index (χ1v) is 5.73. The molecule has 0 radical (unpaired) electrons. The number of primary amides is 1. The van der Waals surface area contributed by atoms with Crippen LogP contribution in [-0.4, -0.2) is 12.1 Å². The van der Waals surface area contributed by atoms with E-state index in [1.54, 1.807) is 24.3 Å². The van der Waals surface area contributed by atoms with Crippen LogP contribution in [0.3, 0.4) is 0 Å². The van der Waals surface area contributed by atoms with Gasteiger partial charge in [0.2, 0.25) is 0 Å². The summed E-state index contributed by atoms with van der Waals surface area (Å²) in [5.74, 6) is -1.59. The SMILES string of the molecule is NC(=O)C(F)C(c1ccccc1)c1ccccc1. The number of alkyl halides is 1. The van der Waals surface area contributed by atoms with Crippen molar-refractivity contribution in [1.29, 1.82) is 0 Å². The van der Waals surface area contributed by atoms with Crippen molar-refractivity contribution in [2.24, 2.45) is 5.73 Å². The lowest BCUT2D eigenvalue weighted by Crippen LogP contribution is -2.31. The third-order valence-corrected chi connectivity index (χ3v) is 2.88. The third kappa shape index (κ3) is 2.56. The van der Waals surface area contributed by atoms with E-state index in [-0.39, 0.29) is 0 Å². The van der Waals surface area contributed by atoms with E-state index >= 15 is 0 Å². The normalized spacial score (nSPS) is 12.3. The third-order valence-electron chi connectivity index (χ3n) is 2.88. The number of halogens is 1. The van der Waals surface area contributed by atoms with Crippen LogP contribution in [0, 0.1) is 0 Å². The number of nitrogens with two attached hydrogens (primary N) is 1. The zero-order valence-corrected chi connectivity index (χ0v) is 9.79. The summed E-state index contributed by atoms with van der Waals surface area (Å²) >= 11 is 0. The second-order valence-corrected chi connectivity index (χ2v) is 4.10. The number of hydrogen-bond acceptors (Lipinski definition) is 1. The highest BCUT2D eigenvalue weighted by molar-refractivity contribution is 5.80. The smallest absolute Gasteiger partial charge is 0.252 e. The molecule has 2 aromatic carbocycles. The van der Waals surface area contributed by atoms with Crippen LogP contribution in [0.4, 0.5) is 4.39 Å². The molecule has 0 aliphatic rings. The van der Waals surface area contributed by atoms with Crippen molar-refractivity contribution in [1.82, 2.24) is 0 Å². The maximum Gasteiger partial charge on any atom is 0.252 e. The molecule has 0 bridgehead atoms. The molecule has 2 nitrogen and oxygen atoms in total. The van der Waals surface area contributed by atoms with Gasteiger partial charge in [-0.05, 0) is 11.1 Å². The molecule has 2 N–H and O–H groups in total. The molecule has 0 fully saturated rings. The van der Waals surface area contributed by atoms with Crippen LogP contribution in [0.1, 0.15) is 17.0 Å². The average molecular weight is 243 g/mol. The lowest BCUT2D eigenvalue weighted by molar-refractivity contribution is -0.123. The molecule has 0 aliphatic carbocycles. The standard InChI is InChI=1S/C15H14FNO/c16-14(15(17)18)13(11-7-3-1-4-8-11)12-9-5-2-6-10-12/h1-10,13-14H,(H2,17,18). The minimum absolute atomic E-state index is 0.648. The highest BCUT2D eigenvalue weighted by atomic mass is 19.1. The van der Waals surface area contributed by atoms with Crippen molar-refractivity contribution in [2.45, 2.75) is 12.1 Å². The van der Waals surface area contributed by atoms with Gasteiger partial charge in [-0.25, -0.2) is 4.39 Å². The van der Waals surface area contributed by atoms with Crippen LogP contribution in [0.25, 0.3) is 0 Å². The molecule has 92 valence electrons. The summed E-state index contributed by atoms with van der Waals surface area (Å²) in [5.41, 5.74) is 6.59. The van der Waals surface area contributed by atoms with Gasteiger partial charge >= 0.3 is 0 Å². The van der Waals surface area contributed by atoms with E-state index in [1.807, 2.05) is 36.4 Å². The van der Waals surface area contributed by atoms with Crippen LogP contribution in [0.5, 0.6) is 0 Å². The first kappa shape index (κ1) is 12.3. The summed E-state index contributed by atoms with van der Waals surface area (Å²) in [5, 5.41) is 0. The summed E-state index contributed by atoms with van der Waals surface area (Å²) in [7, 11) is 0. The maximum absolute atomic E-state index is 14.1. The Kier molecular flexibility index (Phi) is 3.72. The summed E-state index contributed by atoms with van der Waals surface area (Å²) in [4.78, 5) is 11.1. The molecule has 1 unspecified atom stereocenters. The Balaban J connectivity index is 2.45. The highest BCUT2D eigenvalue weighted by Crippen LogP contribution is 2.29. The molecule has 2 rings (SSSR count). The number of carbonyl (C=O) groups excluding carboxylic acids is 1. The molecule has 2 aromatic rings.